The summed E-state index contributed by atoms with van der Waals surface area (Å²) >= 11 is 0. The van der Waals surface area contributed by atoms with Crippen LogP contribution in [-0.4, -0.2) is 29.1 Å². The second-order valence-electron chi connectivity index (χ2n) is 2.82. The Morgan fingerprint density at radius 1 is 1.44 bits per heavy atom. The van der Waals surface area contributed by atoms with E-state index in [0.717, 1.165) is 13.0 Å². The van der Waals surface area contributed by atoms with Crippen LogP contribution in [0.5, 0.6) is 0 Å². The molecule has 16 heavy (non-hydrogen) atoms. The van der Waals surface area contributed by atoms with E-state index in [1.54, 1.807) is 0 Å². The first-order chi connectivity index (χ1) is 7.44. The van der Waals surface area contributed by atoms with E-state index in [4.69, 9.17) is 4.55 Å². The van der Waals surface area contributed by atoms with Gasteiger partial charge >= 0.3 is 10.4 Å². The lowest BCUT2D eigenvalue weighted by molar-refractivity contribution is 0.283. The van der Waals surface area contributed by atoms with Gasteiger partial charge in [-0.15, -0.1) is 0 Å². The number of hydrogen-bond donors (Lipinski definition) is 1. The van der Waals surface area contributed by atoms with Gasteiger partial charge in [-0.1, -0.05) is 6.92 Å². The number of nitrogens with zero attached hydrogens (tertiary/aromatic N) is 2. The van der Waals surface area contributed by atoms with Crippen LogP contribution in [0.15, 0.2) is 12.4 Å². The van der Waals surface area contributed by atoms with Gasteiger partial charge in [0.25, 0.3) is 0 Å². The largest absolute Gasteiger partial charge is 0.397 e. The summed E-state index contributed by atoms with van der Waals surface area (Å²) < 4.78 is 32.8. The first kappa shape index (κ1) is 15.1. The Balaban J connectivity index is 0.000000293. The molecule has 1 rings (SSSR count). The highest BCUT2D eigenvalue weighted by molar-refractivity contribution is 7.80. The normalized spacial score (nSPS) is 10.8. The summed E-state index contributed by atoms with van der Waals surface area (Å²) in [5.41, 5.74) is 0. The van der Waals surface area contributed by atoms with Crippen LogP contribution in [0.3, 0.4) is 0 Å². The molecule has 0 atom stereocenters. The van der Waals surface area contributed by atoms with Gasteiger partial charge in [0.1, 0.15) is 5.82 Å². The summed E-state index contributed by atoms with van der Waals surface area (Å²) in [6.07, 6.45) is 4.89. The maximum Gasteiger partial charge on any atom is 0.397 e. The third kappa shape index (κ3) is 6.54. The van der Waals surface area contributed by atoms with Gasteiger partial charge < -0.3 is 4.57 Å². The number of rotatable bonds is 4. The van der Waals surface area contributed by atoms with Crippen molar-refractivity contribution >= 4 is 10.4 Å². The molecule has 0 fully saturated rings. The molecule has 0 saturated carbocycles. The molecular weight excluding hydrogens is 232 g/mol. The van der Waals surface area contributed by atoms with Crippen LogP contribution in [0.1, 0.15) is 26.6 Å². The van der Waals surface area contributed by atoms with E-state index in [1.807, 2.05) is 12.4 Å². The molecule has 1 heterocycles. The van der Waals surface area contributed by atoms with E-state index in [1.165, 1.54) is 12.7 Å². The molecule has 1 N–H and O–H groups in total. The van der Waals surface area contributed by atoms with Crippen molar-refractivity contribution in [3.8, 4) is 0 Å². The highest BCUT2D eigenvalue weighted by Crippen LogP contribution is 1.96. The molecule has 0 aliphatic carbocycles. The molecule has 1 aromatic rings. The Hall–Kier alpha value is -0.920. The van der Waals surface area contributed by atoms with Crippen molar-refractivity contribution in [3.05, 3.63) is 18.2 Å². The fraction of sp³-hybridized carbons (Fsp3) is 0.667. The molecule has 0 spiro atoms. The van der Waals surface area contributed by atoms with E-state index < -0.39 is 10.4 Å². The molecule has 0 amide bonds. The predicted octanol–water partition coefficient (Wildman–Crippen LogP) is 1.29. The SMILES string of the molecule is CCOS(=O)(=O)O.CCc1nccn1CC. The number of aromatic nitrogens is 2. The maximum atomic E-state index is 9.56. The van der Waals surface area contributed by atoms with E-state index >= 15 is 0 Å². The van der Waals surface area contributed by atoms with Crippen molar-refractivity contribution in [2.45, 2.75) is 33.7 Å². The van der Waals surface area contributed by atoms with Crippen LogP contribution in [0.25, 0.3) is 0 Å². The Morgan fingerprint density at radius 3 is 2.31 bits per heavy atom. The molecule has 6 nitrogen and oxygen atoms in total. The molecule has 0 aromatic carbocycles. The molecule has 1 aromatic heterocycles. The minimum absolute atomic E-state index is 0.0289. The summed E-state index contributed by atoms with van der Waals surface area (Å²) in [7, 11) is -4.17. The van der Waals surface area contributed by atoms with E-state index in [0.29, 0.717) is 0 Å². The molecule has 0 aliphatic rings. The lowest BCUT2D eigenvalue weighted by Crippen LogP contribution is -2.01. The lowest BCUT2D eigenvalue weighted by Gasteiger charge is -1.98. The lowest BCUT2D eigenvalue weighted by atomic mass is 10.4. The van der Waals surface area contributed by atoms with Crippen LogP contribution in [0, 0.1) is 0 Å². The summed E-state index contributed by atoms with van der Waals surface area (Å²) in [6, 6.07) is 0. The molecule has 94 valence electrons. The second-order valence-corrected chi connectivity index (χ2v) is 3.91. The monoisotopic (exact) mass is 250 g/mol. The van der Waals surface area contributed by atoms with Crippen LogP contribution >= 0.6 is 0 Å². The van der Waals surface area contributed by atoms with E-state index in [9.17, 15) is 8.42 Å². The minimum Gasteiger partial charge on any atom is -0.335 e. The van der Waals surface area contributed by atoms with Crippen molar-refractivity contribution in [1.29, 1.82) is 0 Å². The predicted molar refractivity (Wildman–Crippen MR) is 60.5 cm³/mol. The van der Waals surface area contributed by atoms with Crippen molar-refractivity contribution < 1.29 is 17.2 Å². The third-order valence-electron chi connectivity index (χ3n) is 1.73. The van der Waals surface area contributed by atoms with Crippen LogP contribution in [0.2, 0.25) is 0 Å². The van der Waals surface area contributed by atoms with Gasteiger partial charge in [0.15, 0.2) is 0 Å². The molecule has 7 heteroatoms. The summed E-state index contributed by atoms with van der Waals surface area (Å²) in [5, 5.41) is 0. The van der Waals surface area contributed by atoms with Gasteiger partial charge in [0, 0.05) is 25.4 Å². The van der Waals surface area contributed by atoms with Crippen LogP contribution < -0.4 is 0 Å². The minimum atomic E-state index is -4.17. The topological polar surface area (TPSA) is 81.4 Å². The first-order valence-corrected chi connectivity index (χ1v) is 6.42. The van der Waals surface area contributed by atoms with Gasteiger partial charge in [0.05, 0.1) is 6.61 Å². The second kappa shape index (κ2) is 7.37. The molecule has 0 aliphatic heterocycles. The average Bonchev–Trinajstić information content (AvgIpc) is 2.63. The number of hydrogen-bond acceptors (Lipinski definition) is 4. The average molecular weight is 250 g/mol. The van der Waals surface area contributed by atoms with Crippen molar-refractivity contribution in [2.75, 3.05) is 6.61 Å². The van der Waals surface area contributed by atoms with Gasteiger partial charge in [-0.2, -0.15) is 8.42 Å². The van der Waals surface area contributed by atoms with Crippen molar-refractivity contribution in [2.24, 2.45) is 0 Å². The highest BCUT2D eigenvalue weighted by atomic mass is 32.3. The molecule has 0 saturated heterocycles. The first-order valence-electron chi connectivity index (χ1n) is 5.06. The fourth-order valence-electron chi connectivity index (χ4n) is 1.09. The van der Waals surface area contributed by atoms with Crippen molar-refractivity contribution in [1.82, 2.24) is 9.55 Å². The van der Waals surface area contributed by atoms with Gasteiger partial charge in [0.2, 0.25) is 0 Å². The summed E-state index contributed by atoms with van der Waals surface area (Å²) in [4.78, 5) is 4.17. The maximum absolute atomic E-state index is 9.56. The van der Waals surface area contributed by atoms with Gasteiger partial charge in [-0.05, 0) is 13.8 Å². The van der Waals surface area contributed by atoms with E-state index in [2.05, 4.69) is 27.6 Å². The standard InChI is InChI=1S/C7H12N2.C2H6O4S/c1-3-7-8-5-6-9(7)4-2;1-2-6-7(3,4)5/h5-6H,3-4H2,1-2H3;2H2,1H3,(H,3,4,5). The fourth-order valence-corrected chi connectivity index (χ4v) is 1.39. The zero-order valence-electron chi connectivity index (χ0n) is 9.75. The Kier molecular flexibility index (Phi) is 6.95. The number of imidazole rings is 1. The quantitative estimate of drug-likeness (QED) is 0.814. The zero-order chi connectivity index (χ0) is 12.6. The van der Waals surface area contributed by atoms with E-state index in [-0.39, 0.29) is 6.61 Å². The highest BCUT2D eigenvalue weighted by Gasteiger charge is 1.98. The third-order valence-corrected chi connectivity index (χ3v) is 2.26. The van der Waals surface area contributed by atoms with Crippen LogP contribution in [-0.2, 0) is 27.5 Å². The summed E-state index contributed by atoms with van der Waals surface area (Å²) in [6.45, 7) is 6.71. The van der Waals surface area contributed by atoms with Crippen LogP contribution in [0.4, 0.5) is 0 Å². The Bertz CT molecular complexity index is 367. The smallest absolute Gasteiger partial charge is 0.335 e. The Morgan fingerprint density at radius 2 is 2.06 bits per heavy atom. The Labute approximate surface area is 96.2 Å². The van der Waals surface area contributed by atoms with Crippen molar-refractivity contribution in [3.63, 3.8) is 0 Å². The molecular formula is C9H18N2O4S. The number of aryl methyl sites for hydroxylation is 2. The van der Waals surface area contributed by atoms with Gasteiger partial charge in [-0.3, -0.25) is 4.55 Å². The zero-order valence-corrected chi connectivity index (χ0v) is 10.6. The van der Waals surface area contributed by atoms with Gasteiger partial charge in [-0.25, -0.2) is 9.17 Å². The molecule has 0 unspecified atom stereocenters. The molecule has 0 bridgehead atoms. The molecule has 0 radical (unpaired) electrons. The summed E-state index contributed by atoms with van der Waals surface area (Å²) in [5.74, 6) is 1.18.